The van der Waals surface area contributed by atoms with Gasteiger partial charge in [-0.25, -0.2) is 0 Å². The van der Waals surface area contributed by atoms with E-state index in [0.717, 1.165) is 30.8 Å². The summed E-state index contributed by atoms with van der Waals surface area (Å²) in [5.41, 5.74) is 2.06. The number of nitrogens with zero attached hydrogens (tertiary/aromatic N) is 3. The molecule has 0 bridgehead atoms. The van der Waals surface area contributed by atoms with E-state index >= 15 is 0 Å². The van der Waals surface area contributed by atoms with E-state index < -0.39 is 0 Å². The van der Waals surface area contributed by atoms with E-state index in [1.807, 2.05) is 24.6 Å². The van der Waals surface area contributed by atoms with Crippen molar-refractivity contribution in [3.63, 3.8) is 0 Å². The first-order valence-corrected chi connectivity index (χ1v) is 6.53. The Morgan fingerprint density at radius 3 is 2.94 bits per heavy atom. The Bertz CT molecular complexity index is 428. The normalized spacial score (nSPS) is 20.2. The van der Waals surface area contributed by atoms with Gasteiger partial charge in [0.05, 0.1) is 11.8 Å². The number of aliphatic hydroxyl groups excluding tert-OH is 1. The molecule has 5 heteroatoms. The van der Waals surface area contributed by atoms with Crippen LogP contribution in [-0.2, 0) is 11.3 Å². The highest BCUT2D eigenvalue weighted by molar-refractivity contribution is 5.76. The molecule has 0 aliphatic carbocycles. The van der Waals surface area contributed by atoms with E-state index in [1.54, 1.807) is 4.90 Å². The molecule has 5 nitrogen and oxygen atoms in total. The summed E-state index contributed by atoms with van der Waals surface area (Å²) in [7, 11) is 0. The van der Waals surface area contributed by atoms with Crippen molar-refractivity contribution in [2.75, 3.05) is 13.1 Å². The van der Waals surface area contributed by atoms with Crippen LogP contribution in [-0.4, -0.2) is 44.9 Å². The van der Waals surface area contributed by atoms with Gasteiger partial charge in [0, 0.05) is 31.7 Å². The predicted octanol–water partition coefficient (Wildman–Crippen LogP) is 0.873. The average Bonchev–Trinajstić information content (AvgIpc) is 2.65. The molecule has 1 amide bonds. The molecule has 100 valence electrons. The molecule has 2 rings (SSSR count). The van der Waals surface area contributed by atoms with E-state index in [9.17, 15) is 9.90 Å². The van der Waals surface area contributed by atoms with Gasteiger partial charge in [-0.15, -0.1) is 0 Å². The van der Waals surface area contributed by atoms with Crippen LogP contribution in [0.4, 0.5) is 0 Å². The maximum Gasteiger partial charge on any atom is 0.224 e. The summed E-state index contributed by atoms with van der Waals surface area (Å²) in [6.07, 6.45) is 1.80. The number of carbonyl (C=O) groups excluding carboxylic acids is 1. The zero-order chi connectivity index (χ0) is 13.1. The van der Waals surface area contributed by atoms with Gasteiger partial charge in [0.15, 0.2) is 0 Å². The number of rotatable bonds is 3. The van der Waals surface area contributed by atoms with E-state index in [1.165, 1.54) is 0 Å². The van der Waals surface area contributed by atoms with Crippen LogP contribution in [0, 0.1) is 13.8 Å². The molecule has 0 aromatic carbocycles. The third-order valence-electron chi connectivity index (χ3n) is 3.39. The number of piperidine rings is 1. The van der Waals surface area contributed by atoms with Crippen molar-refractivity contribution in [2.24, 2.45) is 0 Å². The standard InChI is InChI=1S/C13H21N3O2/c1-10-8-11(2)16(14-10)7-5-13(18)15-6-3-4-12(17)9-15/h8,12,17H,3-7,9H2,1-2H3/t12-/m0/s1. The molecule has 1 atom stereocenters. The molecule has 2 heterocycles. The summed E-state index contributed by atoms with van der Waals surface area (Å²) in [5.74, 6) is 0.112. The van der Waals surface area contributed by atoms with Crippen LogP contribution >= 0.6 is 0 Å². The highest BCUT2D eigenvalue weighted by Gasteiger charge is 2.21. The fourth-order valence-electron chi connectivity index (χ4n) is 2.44. The molecule has 1 aliphatic heterocycles. The minimum atomic E-state index is -0.351. The van der Waals surface area contributed by atoms with Gasteiger partial charge >= 0.3 is 0 Å². The quantitative estimate of drug-likeness (QED) is 0.867. The Morgan fingerprint density at radius 1 is 1.56 bits per heavy atom. The Kier molecular flexibility index (Phi) is 4.01. The van der Waals surface area contributed by atoms with Gasteiger partial charge in [-0.2, -0.15) is 5.10 Å². The Hall–Kier alpha value is -1.36. The van der Waals surface area contributed by atoms with Gasteiger partial charge < -0.3 is 10.0 Å². The van der Waals surface area contributed by atoms with Crippen LogP contribution in [0.1, 0.15) is 30.7 Å². The number of aliphatic hydroxyl groups is 1. The highest BCUT2D eigenvalue weighted by Crippen LogP contribution is 2.11. The van der Waals surface area contributed by atoms with Crippen molar-refractivity contribution in [1.82, 2.24) is 14.7 Å². The lowest BCUT2D eigenvalue weighted by Gasteiger charge is -2.30. The minimum Gasteiger partial charge on any atom is -0.391 e. The molecular weight excluding hydrogens is 230 g/mol. The Morgan fingerprint density at radius 2 is 2.33 bits per heavy atom. The second kappa shape index (κ2) is 5.52. The van der Waals surface area contributed by atoms with Crippen molar-refractivity contribution in [1.29, 1.82) is 0 Å². The summed E-state index contributed by atoms with van der Waals surface area (Å²) in [5, 5.41) is 13.9. The Balaban J connectivity index is 1.86. The van der Waals surface area contributed by atoms with Crippen molar-refractivity contribution < 1.29 is 9.90 Å². The summed E-state index contributed by atoms with van der Waals surface area (Å²) in [4.78, 5) is 13.8. The molecule has 1 N–H and O–H groups in total. The second-order valence-corrected chi connectivity index (χ2v) is 5.04. The van der Waals surface area contributed by atoms with Gasteiger partial charge in [0.25, 0.3) is 0 Å². The average molecular weight is 251 g/mol. The molecule has 0 radical (unpaired) electrons. The van der Waals surface area contributed by atoms with E-state index in [2.05, 4.69) is 5.10 Å². The van der Waals surface area contributed by atoms with Gasteiger partial charge in [0.2, 0.25) is 5.91 Å². The number of hydrogen-bond acceptors (Lipinski definition) is 3. The van der Waals surface area contributed by atoms with Crippen molar-refractivity contribution in [3.05, 3.63) is 17.5 Å². The fraction of sp³-hybridized carbons (Fsp3) is 0.692. The molecule has 1 fully saturated rings. The maximum atomic E-state index is 12.0. The SMILES string of the molecule is Cc1cc(C)n(CCC(=O)N2CCC[C@H](O)C2)n1. The number of aromatic nitrogens is 2. The molecule has 0 spiro atoms. The third-order valence-corrected chi connectivity index (χ3v) is 3.39. The van der Waals surface area contributed by atoms with Gasteiger partial charge in [-0.05, 0) is 32.8 Å². The van der Waals surface area contributed by atoms with Crippen LogP contribution in [0.3, 0.4) is 0 Å². The zero-order valence-electron chi connectivity index (χ0n) is 11.1. The number of aryl methyl sites for hydroxylation is 3. The number of carbonyl (C=O) groups is 1. The van der Waals surface area contributed by atoms with Crippen LogP contribution in [0.15, 0.2) is 6.07 Å². The van der Waals surface area contributed by atoms with Crippen LogP contribution in [0.5, 0.6) is 0 Å². The highest BCUT2D eigenvalue weighted by atomic mass is 16.3. The number of likely N-dealkylation sites (tertiary alicyclic amines) is 1. The van der Waals surface area contributed by atoms with Gasteiger partial charge in [-0.3, -0.25) is 9.48 Å². The van der Waals surface area contributed by atoms with Crippen LogP contribution in [0.2, 0.25) is 0 Å². The first-order valence-electron chi connectivity index (χ1n) is 6.53. The van der Waals surface area contributed by atoms with Crippen molar-refractivity contribution >= 4 is 5.91 Å². The summed E-state index contributed by atoms with van der Waals surface area (Å²) in [6, 6.07) is 2.01. The number of β-amino-alcohol motifs (C(OH)–C–C–N with tert-alkyl or cyclic N) is 1. The molecule has 1 aromatic heterocycles. The summed E-state index contributed by atoms with van der Waals surface area (Å²) >= 11 is 0. The maximum absolute atomic E-state index is 12.0. The minimum absolute atomic E-state index is 0.112. The molecule has 0 unspecified atom stereocenters. The van der Waals surface area contributed by atoms with Crippen LogP contribution in [0.25, 0.3) is 0 Å². The van der Waals surface area contributed by atoms with E-state index in [-0.39, 0.29) is 12.0 Å². The second-order valence-electron chi connectivity index (χ2n) is 5.04. The fourth-order valence-corrected chi connectivity index (χ4v) is 2.44. The smallest absolute Gasteiger partial charge is 0.224 e. The zero-order valence-corrected chi connectivity index (χ0v) is 11.1. The lowest BCUT2D eigenvalue weighted by Crippen LogP contribution is -2.42. The predicted molar refractivity (Wildman–Crippen MR) is 68.1 cm³/mol. The lowest BCUT2D eigenvalue weighted by molar-refractivity contribution is -0.134. The summed E-state index contributed by atoms with van der Waals surface area (Å²) < 4.78 is 1.87. The molecular formula is C13H21N3O2. The van der Waals surface area contributed by atoms with E-state index in [4.69, 9.17) is 0 Å². The molecule has 1 saturated heterocycles. The van der Waals surface area contributed by atoms with Gasteiger partial charge in [0.1, 0.15) is 0 Å². The monoisotopic (exact) mass is 251 g/mol. The van der Waals surface area contributed by atoms with Crippen molar-refractivity contribution in [3.8, 4) is 0 Å². The third kappa shape index (κ3) is 3.10. The Labute approximate surface area is 107 Å². The van der Waals surface area contributed by atoms with Gasteiger partial charge in [-0.1, -0.05) is 0 Å². The first kappa shape index (κ1) is 13.1. The van der Waals surface area contributed by atoms with E-state index in [0.29, 0.717) is 19.5 Å². The molecule has 0 saturated carbocycles. The number of amides is 1. The topological polar surface area (TPSA) is 58.4 Å². The number of hydrogen-bond donors (Lipinski definition) is 1. The van der Waals surface area contributed by atoms with Crippen molar-refractivity contribution in [2.45, 2.75) is 45.8 Å². The lowest BCUT2D eigenvalue weighted by atomic mass is 10.1. The van der Waals surface area contributed by atoms with Crippen LogP contribution < -0.4 is 0 Å². The first-order chi connectivity index (χ1) is 8.56. The largest absolute Gasteiger partial charge is 0.391 e. The molecule has 1 aromatic rings. The summed E-state index contributed by atoms with van der Waals surface area (Å²) in [6.45, 7) is 5.81. The molecule has 1 aliphatic rings. The molecule has 18 heavy (non-hydrogen) atoms.